The monoisotopic (exact) mass is 291 g/mol. The van der Waals surface area contributed by atoms with Gasteiger partial charge in [0.1, 0.15) is 11.9 Å². The van der Waals surface area contributed by atoms with Crippen LogP contribution in [0.5, 0.6) is 5.75 Å². The number of para-hydroxylation sites is 1. The van der Waals surface area contributed by atoms with Gasteiger partial charge in [-0.3, -0.25) is 0 Å². The molecule has 118 valence electrons. The summed E-state index contributed by atoms with van der Waals surface area (Å²) >= 11 is 0. The van der Waals surface area contributed by atoms with Crippen molar-refractivity contribution in [3.63, 3.8) is 0 Å². The molecule has 0 radical (unpaired) electrons. The molecule has 2 unspecified atom stereocenters. The van der Waals surface area contributed by atoms with Gasteiger partial charge >= 0.3 is 0 Å². The highest BCUT2D eigenvalue weighted by Crippen LogP contribution is 2.33. The lowest BCUT2D eigenvalue weighted by Crippen LogP contribution is -2.32. The molecule has 2 N–H and O–H groups in total. The lowest BCUT2D eigenvalue weighted by atomic mass is 9.99. The molecule has 1 aromatic carbocycles. The van der Waals surface area contributed by atoms with Crippen LogP contribution in [0.2, 0.25) is 0 Å². The average molecular weight is 291 g/mol. The normalized spacial score (nSPS) is 19.8. The highest BCUT2D eigenvalue weighted by molar-refractivity contribution is 5.36. The van der Waals surface area contributed by atoms with Crippen molar-refractivity contribution in [2.75, 3.05) is 7.11 Å². The molecule has 0 bridgehead atoms. The molecule has 3 heteroatoms. The summed E-state index contributed by atoms with van der Waals surface area (Å²) in [4.78, 5) is 0. The Morgan fingerprint density at radius 2 is 1.81 bits per heavy atom. The topological polar surface area (TPSA) is 44.5 Å². The summed E-state index contributed by atoms with van der Waals surface area (Å²) in [5.74, 6) is 0.875. The third-order valence-electron chi connectivity index (χ3n) is 4.45. The summed E-state index contributed by atoms with van der Waals surface area (Å²) in [5.41, 5.74) is 7.43. The quantitative estimate of drug-likeness (QED) is 0.798. The first-order valence-electron chi connectivity index (χ1n) is 8.30. The number of hydrogen-bond acceptors (Lipinski definition) is 3. The first-order valence-corrected chi connectivity index (χ1v) is 8.30. The second kappa shape index (κ2) is 8.40. The summed E-state index contributed by atoms with van der Waals surface area (Å²) in [5, 5.41) is 0. The molecule has 0 spiro atoms. The molecule has 0 aromatic heterocycles. The van der Waals surface area contributed by atoms with E-state index in [1.54, 1.807) is 7.11 Å². The van der Waals surface area contributed by atoms with Crippen LogP contribution in [-0.2, 0) is 4.74 Å². The number of ether oxygens (including phenoxy) is 2. The molecule has 0 heterocycles. The molecule has 3 nitrogen and oxygen atoms in total. The zero-order chi connectivity index (χ0) is 15.1. The molecule has 1 aliphatic rings. The molecule has 0 amide bonds. The van der Waals surface area contributed by atoms with E-state index in [4.69, 9.17) is 15.2 Å². The maximum atomic E-state index is 6.45. The fourth-order valence-electron chi connectivity index (χ4n) is 3.11. The number of methoxy groups -OCH3 is 1. The predicted octanol–water partition coefficient (Wildman–Crippen LogP) is 4.21. The number of rotatable bonds is 6. The number of benzene rings is 1. The van der Waals surface area contributed by atoms with E-state index in [2.05, 4.69) is 13.0 Å². The summed E-state index contributed by atoms with van der Waals surface area (Å²) in [7, 11) is 1.71. The molecular formula is C18H29NO2. The highest BCUT2D eigenvalue weighted by Gasteiger charge is 2.26. The first-order chi connectivity index (χ1) is 10.3. The van der Waals surface area contributed by atoms with Crippen LogP contribution in [0.15, 0.2) is 24.3 Å². The molecular weight excluding hydrogens is 262 g/mol. The van der Waals surface area contributed by atoms with Gasteiger partial charge in [-0.25, -0.2) is 0 Å². The largest absolute Gasteiger partial charge is 0.496 e. The van der Waals surface area contributed by atoms with Gasteiger partial charge in [-0.15, -0.1) is 0 Å². The molecule has 0 saturated heterocycles. The van der Waals surface area contributed by atoms with Crippen LogP contribution >= 0.6 is 0 Å². The van der Waals surface area contributed by atoms with E-state index in [9.17, 15) is 0 Å². The summed E-state index contributed by atoms with van der Waals surface area (Å²) < 4.78 is 11.9. The fraction of sp³-hybridized carbons (Fsp3) is 0.667. The molecule has 21 heavy (non-hydrogen) atoms. The van der Waals surface area contributed by atoms with Crippen molar-refractivity contribution < 1.29 is 9.47 Å². The Morgan fingerprint density at radius 3 is 2.43 bits per heavy atom. The van der Waals surface area contributed by atoms with Gasteiger partial charge in [0.05, 0.1) is 13.2 Å². The Labute approximate surface area is 128 Å². The van der Waals surface area contributed by atoms with Crippen LogP contribution in [-0.4, -0.2) is 19.3 Å². The lowest BCUT2D eigenvalue weighted by molar-refractivity contribution is -0.0350. The van der Waals surface area contributed by atoms with E-state index in [1.165, 1.54) is 25.7 Å². The van der Waals surface area contributed by atoms with Crippen molar-refractivity contribution in [1.29, 1.82) is 0 Å². The Hall–Kier alpha value is -1.06. The molecule has 1 fully saturated rings. The van der Waals surface area contributed by atoms with Crippen LogP contribution in [0.3, 0.4) is 0 Å². The smallest absolute Gasteiger partial charge is 0.124 e. The van der Waals surface area contributed by atoms with Gasteiger partial charge in [0, 0.05) is 11.6 Å². The van der Waals surface area contributed by atoms with E-state index < -0.39 is 0 Å². The van der Waals surface area contributed by atoms with Crippen LogP contribution < -0.4 is 10.5 Å². The second-order valence-electron chi connectivity index (χ2n) is 5.98. The molecule has 2 atom stereocenters. The van der Waals surface area contributed by atoms with Crippen molar-refractivity contribution >= 4 is 0 Å². The SMILES string of the molecule is CCC(N)C(OC1CCCCCC1)c1ccccc1OC. The molecule has 1 saturated carbocycles. The Morgan fingerprint density at radius 1 is 1.14 bits per heavy atom. The lowest BCUT2D eigenvalue weighted by Gasteiger charge is -2.29. The first kappa shape index (κ1) is 16.3. The molecule has 1 aromatic rings. The number of nitrogens with two attached hydrogens (primary N) is 1. The van der Waals surface area contributed by atoms with Gasteiger partial charge in [0.15, 0.2) is 0 Å². The van der Waals surface area contributed by atoms with Gasteiger partial charge in [-0.1, -0.05) is 50.8 Å². The Balaban J connectivity index is 2.17. The van der Waals surface area contributed by atoms with E-state index in [1.807, 2.05) is 18.2 Å². The van der Waals surface area contributed by atoms with Crippen molar-refractivity contribution in [2.24, 2.45) is 5.73 Å². The maximum absolute atomic E-state index is 6.45. The Bertz CT molecular complexity index is 413. The van der Waals surface area contributed by atoms with Gasteiger partial charge < -0.3 is 15.2 Å². The predicted molar refractivity (Wildman–Crippen MR) is 86.6 cm³/mol. The van der Waals surface area contributed by atoms with Gasteiger partial charge in [-0.2, -0.15) is 0 Å². The van der Waals surface area contributed by atoms with E-state index in [-0.39, 0.29) is 12.1 Å². The summed E-state index contributed by atoms with van der Waals surface area (Å²) in [6.07, 6.45) is 8.67. The minimum atomic E-state index is -0.0748. The number of hydrogen-bond donors (Lipinski definition) is 1. The van der Waals surface area contributed by atoms with E-state index >= 15 is 0 Å². The summed E-state index contributed by atoms with van der Waals surface area (Å²) in [6, 6.07) is 8.09. The zero-order valence-corrected chi connectivity index (χ0v) is 13.4. The molecule has 0 aliphatic heterocycles. The van der Waals surface area contributed by atoms with Crippen LogP contribution in [0.25, 0.3) is 0 Å². The van der Waals surface area contributed by atoms with Gasteiger partial charge in [0.25, 0.3) is 0 Å². The van der Waals surface area contributed by atoms with Crippen molar-refractivity contribution in [2.45, 2.75) is 70.1 Å². The van der Waals surface area contributed by atoms with Gasteiger partial charge in [0.2, 0.25) is 0 Å². The van der Waals surface area contributed by atoms with Crippen LogP contribution in [0.1, 0.15) is 63.5 Å². The van der Waals surface area contributed by atoms with E-state index in [0.29, 0.717) is 6.10 Å². The summed E-state index contributed by atoms with van der Waals surface area (Å²) in [6.45, 7) is 2.11. The zero-order valence-electron chi connectivity index (χ0n) is 13.4. The second-order valence-corrected chi connectivity index (χ2v) is 5.98. The van der Waals surface area contributed by atoms with Crippen LogP contribution in [0, 0.1) is 0 Å². The van der Waals surface area contributed by atoms with Crippen molar-refractivity contribution in [3.8, 4) is 5.75 Å². The highest BCUT2D eigenvalue weighted by atomic mass is 16.5. The molecule has 2 rings (SSSR count). The maximum Gasteiger partial charge on any atom is 0.124 e. The third-order valence-corrected chi connectivity index (χ3v) is 4.45. The standard InChI is InChI=1S/C18H29NO2/c1-3-16(19)18(15-12-8-9-13-17(15)20-2)21-14-10-6-4-5-7-11-14/h8-9,12-14,16,18H,3-7,10-11,19H2,1-2H3. The van der Waals surface area contributed by atoms with Crippen molar-refractivity contribution in [1.82, 2.24) is 0 Å². The van der Waals surface area contributed by atoms with Crippen LogP contribution in [0.4, 0.5) is 0 Å². The Kier molecular flexibility index (Phi) is 6.52. The fourth-order valence-corrected chi connectivity index (χ4v) is 3.11. The van der Waals surface area contributed by atoms with Crippen molar-refractivity contribution in [3.05, 3.63) is 29.8 Å². The molecule has 1 aliphatic carbocycles. The minimum Gasteiger partial charge on any atom is -0.496 e. The minimum absolute atomic E-state index is 0.00422. The average Bonchev–Trinajstić information content (AvgIpc) is 2.80. The third kappa shape index (κ3) is 4.45. The van der Waals surface area contributed by atoms with Gasteiger partial charge in [-0.05, 0) is 25.3 Å². The van der Waals surface area contributed by atoms with E-state index in [0.717, 1.165) is 30.6 Å².